The highest BCUT2D eigenvalue weighted by Gasteiger charge is 2.45. The lowest BCUT2D eigenvalue weighted by Gasteiger charge is -2.39. The van der Waals surface area contributed by atoms with E-state index in [0.717, 1.165) is 12.8 Å². The molecule has 8 nitrogen and oxygen atoms in total. The summed E-state index contributed by atoms with van der Waals surface area (Å²) < 4.78 is 7.01. The van der Waals surface area contributed by atoms with E-state index in [2.05, 4.69) is 10.3 Å². The van der Waals surface area contributed by atoms with E-state index >= 15 is 0 Å². The Hall–Kier alpha value is -2.90. The van der Waals surface area contributed by atoms with Crippen molar-refractivity contribution in [3.05, 3.63) is 36.4 Å². The second-order valence-electron chi connectivity index (χ2n) is 10.6. The van der Waals surface area contributed by atoms with Crippen LogP contribution in [0.15, 0.2) is 30.6 Å². The number of ether oxygens (including phenoxy) is 1. The molecule has 3 heterocycles. The number of rotatable bonds is 3. The van der Waals surface area contributed by atoms with Crippen LogP contribution in [0.4, 0.5) is 9.59 Å². The van der Waals surface area contributed by atoms with Gasteiger partial charge in [0.15, 0.2) is 11.6 Å². The molecular weight excluding hydrogens is 420 g/mol. The topological polar surface area (TPSA) is 93.5 Å². The molecule has 1 unspecified atom stereocenters. The van der Waals surface area contributed by atoms with Gasteiger partial charge in [0.05, 0.1) is 5.57 Å². The highest BCUT2D eigenvalue weighted by atomic mass is 16.6. The molecule has 3 aliphatic rings. The summed E-state index contributed by atoms with van der Waals surface area (Å²) in [6.45, 7) is 9.62. The second kappa shape index (κ2) is 8.80. The van der Waals surface area contributed by atoms with Gasteiger partial charge in [-0.2, -0.15) is 0 Å². The number of carbonyl (C=O) groups excluding carboxylic acids is 3. The monoisotopic (exact) mass is 454 g/mol. The summed E-state index contributed by atoms with van der Waals surface area (Å²) in [5.41, 5.74) is -0.0785. The first-order valence-electron chi connectivity index (χ1n) is 11.8. The van der Waals surface area contributed by atoms with Crippen LogP contribution in [0.25, 0.3) is 5.57 Å². The fraction of sp³-hybridized carbons (Fsp3) is 0.600. The summed E-state index contributed by atoms with van der Waals surface area (Å²) in [6, 6.07) is -0.235. The van der Waals surface area contributed by atoms with Gasteiger partial charge in [-0.25, -0.2) is 14.6 Å². The van der Waals surface area contributed by atoms with Gasteiger partial charge in [0.2, 0.25) is 0 Å². The van der Waals surface area contributed by atoms with Gasteiger partial charge in [0, 0.05) is 36.4 Å². The molecule has 2 amide bonds. The lowest BCUT2D eigenvalue weighted by molar-refractivity contribution is -0.117. The number of amides is 2. The van der Waals surface area contributed by atoms with Crippen molar-refractivity contribution in [2.24, 2.45) is 11.8 Å². The van der Waals surface area contributed by atoms with E-state index in [1.807, 2.05) is 51.7 Å². The van der Waals surface area contributed by atoms with E-state index < -0.39 is 5.60 Å². The van der Waals surface area contributed by atoms with E-state index in [9.17, 15) is 14.4 Å². The Balaban J connectivity index is 1.44. The van der Waals surface area contributed by atoms with Crippen molar-refractivity contribution in [1.29, 1.82) is 0 Å². The number of hydrogen-bond acceptors (Lipinski definition) is 5. The minimum absolute atomic E-state index is 0.0172. The molecule has 4 rings (SSSR count). The lowest BCUT2D eigenvalue weighted by atomic mass is 9.84. The summed E-state index contributed by atoms with van der Waals surface area (Å²) in [5, 5.41) is 3.11. The summed E-state index contributed by atoms with van der Waals surface area (Å²) in [7, 11) is 0. The van der Waals surface area contributed by atoms with Crippen LogP contribution in [-0.4, -0.2) is 56.1 Å². The first-order chi connectivity index (χ1) is 15.5. The Morgan fingerprint density at radius 1 is 1.18 bits per heavy atom. The number of ketones is 1. The van der Waals surface area contributed by atoms with Crippen LogP contribution in [0.1, 0.15) is 66.1 Å². The third kappa shape index (κ3) is 4.75. The zero-order valence-corrected chi connectivity index (χ0v) is 20.1. The van der Waals surface area contributed by atoms with Gasteiger partial charge >= 0.3 is 12.1 Å². The van der Waals surface area contributed by atoms with Gasteiger partial charge in [-0.15, -0.1) is 0 Å². The SMILES string of the molecule is CC(C)C1C=CC=C(c2nccn2C(=O)N[C@@H]2C[C@H]3CC[C@@H](C2)N3C(=O)OC(C)(C)C)C1=O. The lowest BCUT2D eigenvalue weighted by Crippen LogP contribution is -2.54. The number of imidazole rings is 1. The highest BCUT2D eigenvalue weighted by molar-refractivity contribution is 6.23. The predicted molar refractivity (Wildman–Crippen MR) is 125 cm³/mol. The average Bonchev–Trinajstić information content (AvgIpc) is 3.30. The van der Waals surface area contributed by atoms with Crippen LogP contribution in [0.3, 0.4) is 0 Å². The van der Waals surface area contributed by atoms with Crippen molar-refractivity contribution in [3.8, 4) is 0 Å². The molecular formula is C25H34N4O4. The summed E-state index contributed by atoms with van der Waals surface area (Å²) in [6.07, 6.45) is 11.6. The molecule has 2 saturated heterocycles. The largest absolute Gasteiger partial charge is 0.444 e. The maximum Gasteiger partial charge on any atom is 0.410 e. The number of piperidine rings is 1. The average molecular weight is 455 g/mol. The number of carbonyl (C=O) groups is 3. The molecule has 0 saturated carbocycles. The fourth-order valence-electron chi connectivity index (χ4n) is 5.15. The molecule has 2 bridgehead atoms. The minimum Gasteiger partial charge on any atom is -0.444 e. The van der Waals surface area contributed by atoms with E-state index in [-0.39, 0.29) is 47.9 Å². The minimum atomic E-state index is -0.533. The molecule has 33 heavy (non-hydrogen) atoms. The summed E-state index contributed by atoms with van der Waals surface area (Å²) in [5.74, 6) is 0.296. The zero-order valence-electron chi connectivity index (χ0n) is 20.1. The maximum absolute atomic E-state index is 13.1. The van der Waals surface area contributed by atoms with Gasteiger partial charge in [-0.05, 0) is 58.4 Å². The first kappa shape index (κ1) is 23.3. The Bertz CT molecular complexity index is 986. The second-order valence-corrected chi connectivity index (χ2v) is 10.6. The van der Waals surface area contributed by atoms with Gasteiger partial charge in [-0.1, -0.05) is 26.0 Å². The molecule has 178 valence electrons. The first-order valence-corrected chi connectivity index (χ1v) is 11.8. The third-order valence-electron chi connectivity index (χ3n) is 6.63. The molecule has 2 aliphatic heterocycles. The van der Waals surface area contributed by atoms with E-state index in [0.29, 0.717) is 24.2 Å². The number of allylic oxidation sites excluding steroid dienone is 4. The molecule has 4 atom stereocenters. The predicted octanol–water partition coefficient (Wildman–Crippen LogP) is 4.17. The maximum atomic E-state index is 13.1. The van der Waals surface area contributed by atoms with Gasteiger partial charge in [0.1, 0.15) is 5.60 Å². The number of nitrogens with zero attached hydrogens (tertiary/aromatic N) is 3. The zero-order chi connectivity index (χ0) is 23.9. The quantitative estimate of drug-likeness (QED) is 0.740. The number of nitrogens with one attached hydrogen (secondary N) is 1. The summed E-state index contributed by atoms with van der Waals surface area (Å²) >= 11 is 0. The normalized spacial score (nSPS) is 27.0. The Labute approximate surface area is 195 Å². The van der Waals surface area contributed by atoms with Crippen LogP contribution in [0, 0.1) is 11.8 Å². The molecule has 0 radical (unpaired) electrons. The molecule has 1 aromatic rings. The fourth-order valence-corrected chi connectivity index (χ4v) is 5.15. The van der Waals surface area contributed by atoms with Crippen molar-refractivity contribution in [1.82, 2.24) is 19.8 Å². The molecule has 1 N–H and O–H groups in total. The highest BCUT2D eigenvalue weighted by Crippen LogP contribution is 2.37. The van der Waals surface area contributed by atoms with Gasteiger partial charge < -0.3 is 15.0 Å². The third-order valence-corrected chi connectivity index (χ3v) is 6.63. The standard InChI is InChI=1S/C25H34N4O4/c1-15(2)19-7-6-8-20(21(19)30)22-26-11-12-28(22)23(31)27-16-13-17-9-10-18(14-16)29(17)24(32)33-25(3,4)5/h6-8,11-12,15-19H,9-10,13-14H2,1-5H3,(H,27,31)/t16-,17-,18+,19?. The number of fused-ring (bicyclic) bond motifs is 2. The molecule has 8 heteroatoms. The van der Waals surface area contributed by atoms with Crippen LogP contribution < -0.4 is 5.32 Å². The molecule has 0 aromatic carbocycles. The Morgan fingerprint density at radius 3 is 2.45 bits per heavy atom. The van der Waals surface area contributed by atoms with Crippen LogP contribution in [0.5, 0.6) is 0 Å². The molecule has 1 aromatic heterocycles. The van der Waals surface area contributed by atoms with Crippen LogP contribution >= 0.6 is 0 Å². The summed E-state index contributed by atoms with van der Waals surface area (Å²) in [4.78, 5) is 45.0. The molecule has 2 fully saturated rings. The number of aromatic nitrogens is 2. The van der Waals surface area contributed by atoms with Crippen molar-refractivity contribution in [2.45, 2.75) is 84.0 Å². The van der Waals surface area contributed by atoms with Crippen LogP contribution in [-0.2, 0) is 9.53 Å². The van der Waals surface area contributed by atoms with Crippen molar-refractivity contribution < 1.29 is 19.1 Å². The van der Waals surface area contributed by atoms with Gasteiger partial charge in [0.25, 0.3) is 0 Å². The van der Waals surface area contributed by atoms with Crippen LogP contribution in [0.2, 0.25) is 0 Å². The smallest absolute Gasteiger partial charge is 0.410 e. The Kier molecular flexibility index (Phi) is 6.20. The van der Waals surface area contributed by atoms with E-state index in [4.69, 9.17) is 4.74 Å². The van der Waals surface area contributed by atoms with Crippen molar-refractivity contribution >= 4 is 23.5 Å². The van der Waals surface area contributed by atoms with E-state index in [1.165, 1.54) is 4.57 Å². The number of Topliss-reactive ketones (excluding diaryl/α,β-unsaturated/α-hetero) is 1. The number of hydrogen-bond donors (Lipinski definition) is 1. The molecule has 0 spiro atoms. The Morgan fingerprint density at radius 2 is 1.85 bits per heavy atom. The van der Waals surface area contributed by atoms with Crippen molar-refractivity contribution in [2.75, 3.05) is 0 Å². The van der Waals surface area contributed by atoms with Gasteiger partial charge in [-0.3, -0.25) is 9.36 Å². The van der Waals surface area contributed by atoms with E-state index in [1.54, 1.807) is 18.5 Å². The molecule has 1 aliphatic carbocycles. The van der Waals surface area contributed by atoms with Crippen molar-refractivity contribution in [3.63, 3.8) is 0 Å².